The molecule has 0 saturated heterocycles. The number of nitrogens with zero attached hydrogens (tertiary/aromatic N) is 1. The van der Waals surface area contributed by atoms with Crippen LogP contribution in [-0.4, -0.2) is 4.98 Å². The van der Waals surface area contributed by atoms with Crippen LogP contribution in [-0.2, 0) is 12.8 Å². The summed E-state index contributed by atoms with van der Waals surface area (Å²) in [4.78, 5) is 4.68. The first-order valence-electron chi connectivity index (χ1n) is 6.50. The monoisotopic (exact) mass is 248 g/mol. The normalized spacial score (nSPS) is 10.7. The van der Waals surface area contributed by atoms with Crippen LogP contribution in [0, 0.1) is 0 Å². The Morgan fingerprint density at radius 2 is 1.68 bits per heavy atom. The van der Waals surface area contributed by atoms with E-state index in [1.165, 1.54) is 5.56 Å². The zero-order valence-corrected chi connectivity index (χ0v) is 10.7. The van der Waals surface area contributed by atoms with E-state index in [0.29, 0.717) is 0 Å². The lowest BCUT2D eigenvalue weighted by Gasteiger charge is -2.04. The highest BCUT2D eigenvalue weighted by atomic mass is 14.7. The molecule has 0 spiro atoms. The Morgan fingerprint density at radius 1 is 0.842 bits per heavy atom. The molecule has 2 nitrogen and oxygen atoms in total. The first-order chi connectivity index (χ1) is 9.31. The lowest BCUT2D eigenvalue weighted by Crippen LogP contribution is -1.95. The predicted molar refractivity (Wildman–Crippen MR) is 80.0 cm³/mol. The van der Waals surface area contributed by atoms with E-state index in [0.717, 1.165) is 35.1 Å². The van der Waals surface area contributed by atoms with E-state index in [1.807, 2.05) is 24.3 Å². The maximum atomic E-state index is 5.77. The molecule has 0 radical (unpaired) electrons. The molecule has 0 bridgehead atoms. The van der Waals surface area contributed by atoms with Gasteiger partial charge in [-0.25, -0.2) is 0 Å². The second kappa shape index (κ2) is 5.11. The Balaban J connectivity index is 1.80. The summed E-state index contributed by atoms with van der Waals surface area (Å²) >= 11 is 0. The lowest BCUT2D eigenvalue weighted by molar-refractivity contribution is 0.923. The maximum Gasteiger partial charge on any atom is 0.0706 e. The van der Waals surface area contributed by atoms with Crippen LogP contribution in [0.4, 0.5) is 5.69 Å². The molecule has 0 amide bonds. The van der Waals surface area contributed by atoms with E-state index in [2.05, 4.69) is 41.4 Å². The molecule has 94 valence electrons. The van der Waals surface area contributed by atoms with Gasteiger partial charge in [0.2, 0.25) is 0 Å². The number of nitrogens with two attached hydrogens (primary N) is 1. The second-order valence-corrected chi connectivity index (χ2v) is 4.74. The summed E-state index contributed by atoms with van der Waals surface area (Å²) in [6.07, 6.45) is 1.98. The molecule has 0 aliphatic rings. The van der Waals surface area contributed by atoms with Crippen LogP contribution in [0.15, 0.2) is 60.7 Å². The number of pyridine rings is 1. The van der Waals surface area contributed by atoms with Crippen LogP contribution in [0.1, 0.15) is 11.3 Å². The fourth-order valence-corrected chi connectivity index (χ4v) is 2.24. The van der Waals surface area contributed by atoms with Crippen LogP contribution < -0.4 is 5.73 Å². The highest BCUT2D eigenvalue weighted by molar-refractivity contribution is 5.81. The topological polar surface area (TPSA) is 38.9 Å². The molecular weight excluding hydrogens is 232 g/mol. The van der Waals surface area contributed by atoms with E-state index >= 15 is 0 Å². The third kappa shape index (κ3) is 2.74. The second-order valence-electron chi connectivity index (χ2n) is 4.74. The van der Waals surface area contributed by atoms with E-state index < -0.39 is 0 Å². The number of aryl methyl sites for hydroxylation is 2. The smallest absolute Gasteiger partial charge is 0.0706 e. The summed E-state index contributed by atoms with van der Waals surface area (Å²) in [5.74, 6) is 0. The Morgan fingerprint density at radius 3 is 2.53 bits per heavy atom. The highest BCUT2D eigenvalue weighted by Gasteiger charge is 2.00. The van der Waals surface area contributed by atoms with Crippen molar-refractivity contribution in [2.75, 3.05) is 5.73 Å². The van der Waals surface area contributed by atoms with Crippen molar-refractivity contribution >= 4 is 16.6 Å². The minimum atomic E-state index is 0.784. The Bertz CT molecular complexity index is 690. The zero-order valence-electron chi connectivity index (χ0n) is 10.7. The molecule has 2 aromatic carbocycles. The molecule has 0 aliphatic heterocycles. The van der Waals surface area contributed by atoms with Crippen molar-refractivity contribution in [3.63, 3.8) is 0 Å². The summed E-state index contributed by atoms with van der Waals surface area (Å²) in [6.45, 7) is 0. The summed E-state index contributed by atoms with van der Waals surface area (Å²) in [6, 6.07) is 20.5. The average molecular weight is 248 g/mol. The van der Waals surface area contributed by atoms with Crippen molar-refractivity contribution in [3.8, 4) is 0 Å². The number of rotatable bonds is 3. The van der Waals surface area contributed by atoms with E-state index in [9.17, 15) is 0 Å². The van der Waals surface area contributed by atoms with Gasteiger partial charge in [0.25, 0.3) is 0 Å². The zero-order chi connectivity index (χ0) is 13.1. The predicted octanol–water partition coefficient (Wildman–Crippen LogP) is 3.60. The van der Waals surface area contributed by atoms with Crippen molar-refractivity contribution in [1.82, 2.24) is 4.98 Å². The van der Waals surface area contributed by atoms with E-state index in [4.69, 9.17) is 5.73 Å². The Kier molecular flexibility index (Phi) is 3.15. The summed E-state index contributed by atoms with van der Waals surface area (Å²) in [7, 11) is 0. The average Bonchev–Trinajstić information content (AvgIpc) is 2.46. The third-order valence-electron chi connectivity index (χ3n) is 3.28. The number of fused-ring (bicyclic) bond motifs is 1. The van der Waals surface area contributed by atoms with Crippen molar-refractivity contribution < 1.29 is 0 Å². The van der Waals surface area contributed by atoms with Gasteiger partial charge < -0.3 is 5.73 Å². The van der Waals surface area contributed by atoms with Crippen LogP contribution in [0.3, 0.4) is 0 Å². The minimum Gasteiger partial charge on any atom is -0.399 e. The summed E-state index contributed by atoms with van der Waals surface area (Å²) in [5.41, 5.74) is 10.0. The first kappa shape index (κ1) is 11.7. The molecule has 3 aromatic rings. The number of anilines is 1. The summed E-state index contributed by atoms with van der Waals surface area (Å²) in [5, 5.41) is 1.10. The van der Waals surface area contributed by atoms with Gasteiger partial charge in [-0.3, -0.25) is 4.98 Å². The Labute approximate surface area is 112 Å². The number of aromatic nitrogens is 1. The van der Waals surface area contributed by atoms with Gasteiger partial charge in [0.05, 0.1) is 5.52 Å². The van der Waals surface area contributed by atoms with Gasteiger partial charge in [0, 0.05) is 16.8 Å². The van der Waals surface area contributed by atoms with Gasteiger partial charge >= 0.3 is 0 Å². The fourth-order valence-electron chi connectivity index (χ4n) is 2.24. The molecule has 1 aromatic heterocycles. The Hall–Kier alpha value is -2.35. The number of hydrogen-bond acceptors (Lipinski definition) is 2. The van der Waals surface area contributed by atoms with Crippen molar-refractivity contribution in [2.45, 2.75) is 12.8 Å². The van der Waals surface area contributed by atoms with Gasteiger partial charge in [-0.2, -0.15) is 0 Å². The minimum absolute atomic E-state index is 0.784. The molecule has 1 heterocycles. The van der Waals surface area contributed by atoms with Gasteiger partial charge in [-0.15, -0.1) is 0 Å². The van der Waals surface area contributed by atoms with E-state index in [-0.39, 0.29) is 0 Å². The number of benzene rings is 2. The molecule has 19 heavy (non-hydrogen) atoms. The van der Waals surface area contributed by atoms with Crippen molar-refractivity contribution in [2.24, 2.45) is 0 Å². The maximum absolute atomic E-state index is 5.77. The standard InChI is InChI=1S/C17H16N2/c18-15-8-11-17-14(12-15)7-10-16(19-17)9-6-13-4-2-1-3-5-13/h1-5,7-8,10-12H,6,9,18H2. The van der Waals surface area contributed by atoms with Crippen molar-refractivity contribution in [3.05, 3.63) is 71.9 Å². The van der Waals surface area contributed by atoms with Crippen LogP contribution in [0.5, 0.6) is 0 Å². The fraction of sp³-hybridized carbons (Fsp3) is 0.118. The third-order valence-corrected chi connectivity index (χ3v) is 3.28. The molecule has 2 N–H and O–H groups in total. The molecule has 2 heteroatoms. The molecule has 0 aliphatic carbocycles. The quantitative estimate of drug-likeness (QED) is 0.719. The SMILES string of the molecule is Nc1ccc2nc(CCc3ccccc3)ccc2c1. The van der Waals surface area contributed by atoms with Crippen LogP contribution in [0.2, 0.25) is 0 Å². The van der Waals surface area contributed by atoms with E-state index in [1.54, 1.807) is 0 Å². The molecule has 0 fully saturated rings. The summed E-state index contributed by atoms with van der Waals surface area (Å²) < 4.78 is 0. The van der Waals surface area contributed by atoms with Gasteiger partial charge in [0.1, 0.15) is 0 Å². The van der Waals surface area contributed by atoms with Crippen LogP contribution in [0.25, 0.3) is 10.9 Å². The molecule has 0 unspecified atom stereocenters. The molecule has 0 saturated carbocycles. The van der Waals surface area contributed by atoms with Gasteiger partial charge in [0.15, 0.2) is 0 Å². The largest absolute Gasteiger partial charge is 0.399 e. The highest BCUT2D eigenvalue weighted by Crippen LogP contribution is 2.16. The molecule has 0 atom stereocenters. The van der Waals surface area contributed by atoms with Gasteiger partial charge in [-0.05, 0) is 42.7 Å². The lowest BCUT2D eigenvalue weighted by atomic mass is 10.1. The molecular formula is C17H16N2. The first-order valence-corrected chi connectivity index (χ1v) is 6.50. The molecule has 3 rings (SSSR count). The number of nitrogen functional groups attached to an aromatic ring is 1. The van der Waals surface area contributed by atoms with Crippen molar-refractivity contribution in [1.29, 1.82) is 0 Å². The van der Waals surface area contributed by atoms with Crippen LogP contribution >= 0.6 is 0 Å². The number of hydrogen-bond donors (Lipinski definition) is 1. The van der Waals surface area contributed by atoms with Gasteiger partial charge in [-0.1, -0.05) is 36.4 Å².